The van der Waals surface area contributed by atoms with Crippen molar-refractivity contribution in [3.8, 4) is 0 Å². The Labute approximate surface area is 141 Å². The number of nitrogens with zero attached hydrogens (tertiary/aromatic N) is 4. The molecule has 0 saturated carbocycles. The van der Waals surface area contributed by atoms with Crippen LogP contribution in [0.15, 0.2) is 48.9 Å². The molecule has 0 aromatic carbocycles. The summed E-state index contributed by atoms with van der Waals surface area (Å²) in [6, 6.07) is 9.95. The molecule has 1 saturated heterocycles. The number of imidazole rings is 1. The third kappa shape index (κ3) is 2.66. The van der Waals surface area contributed by atoms with Crippen LogP contribution >= 0.6 is 0 Å². The van der Waals surface area contributed by atoms with Gasteiger partial charge in [0.05, 0.1) is 5.56 Å². The second-order valence-corrected chi connectivity index (χ2v) is 6.38. The van der Waals surface area contributed by atoms with Crippen molar-refractivity contribution in [1.29, 1.82) is 0 Å². The Bertz CT molecular complexity index is 868. The van der Waals surface area contributed by atoms with Crippen molar-refractivity contribution in [3.05, 3.63) is 65.9 Å². The summed E-state index contributed by atoms with van der Waals surface area (Å²) in [5, 5.41) is 0. The van der Waals surface area contributed by atoms with Gasteiger partial charge in [-0.25, -0.2) is 4.98 Å². The van der Waals surface area contributed by atoms with Crippen molar-refractivity contribution in [2.24, 2.45) is 0 Å². The average molecular weight is 320 g/mol. The lowest BCUT2D eigenvalue weighted by Crippen LogP contribution is -2.39. The molecule has 5 heteroatoms. The number of hydrogen-bond donors (Lipinski definition) is 0. The van der Waals surface area contributed by atoms with Crippen LogP contribution < -0.4 is 0 Å². The zero-order chi connectivity index (χ0) is 16.5. The van der Waals surface area contributed by atoms with Crippen molar-refractivity contribution >= 4 is 11.6 Å². The number of piperidine rings is 1. The lowest BCUT2D eigenvalue weighted by atomic mass is 9.93. The Kier molecular flexibility index (Phi) is 3.76. The molecule has 0 unspecified atom stereocenters. The van der Waals surface area contributed by atoms with Crippen molar-refractivity contribution in [2.75, 3.05) is 13.1 Å². The normalized spacial score (nSPS) is 18.0. The molecule has 1 fully saturated rings. The Balaban J connectivity index is 1.58. The Morgan fingerprint density at radius 2 is 2.12 bits per heavy atom. The Morgan fingerprint density at radius 1 is 1.21 bits per heavy atom. The zero-order valence-electron chi connectivity index (χ0n) is 13.7. The number of aromatic nitrogens is 3. The van der Waals surface area contributed by atoms with E-state index in [1.54, 1.807) is 6.20 Å². The molecule has 1 aliphatic rings. The molecule has 5 nitrogen and oxygen atoms in total. The highest BCUT2D eigenvalue weighted by molar-refractivity contribution is 5.94. The van der Waals surface area contributed by atoms with Crippen molar-refractivity contribution in [3.63, 3.8) is 0 Å². The molecular weight excluding hydrogens is 300 g/mol. The molecule has 0 N–H and O–H groups in total. The van der Waals surface area contributed by atoms with E-state index in [4.69, 9.17) is 0 Å². The summed E-state index contributed by atoms with van der Waals surface area (Å²) in [6.07, 6.45) is 7.60. The van der Waals surface area contributed by atoms with E-state index in [-0.39, 0.29) is 5.91 Å². The van der Waals surface area contributed by atoms with E-state index in [0.717, 1.165) is 37.3 Å². The minimum atomic E-state index is 0.0741. The van der Waals surface area contributed by atoms with Gasteiger partial charge >= 0.3 is 0 Å². The molecular formula is C19H20N4O. The van der Waals surface area contributed by atoms with Crippen LogP contribution in [0.1, 0.15) is 40.5 Å². The third-order valence-corrected chi connectivity index (χ3v) is 4.75. The molecule has 24 heavy (non-hydrogen) atoms. The highest BCUT2D eigenvalue weighted by atomic mass is 16.2. The van der Waals surface area contributed by atoms with Gasteiger partial charge in [0, 0.05) is 49.0 Å². The molecule has 0 spiro atoms. The molecule has 122 valence electrons. The maximum atomic E-state index is 12.8. The number of likely N-dealkylation sites (tertiary alicyclic amines) is 1. The first kappa shape index (κ1) is 14.9. The molecule has 4 rings (SSSR count). The molecule has 3 aromatic heterocycles. The van der Waals surface area contributed by atoms with Gasteiger partial charge in [0.2, 0.25) is 0 Å². The van der Waals surface area contributed by atoms with Crippen molar-refractivity contribution < 1.29 is 4.79 Å². The van der Waals surface area contributed by atoms with Crippen LogP contribution in [0.3, 0.4) is 0 Å². The summed E-state index contributed by atoms with van der Waals surface area (Å²) >= 11 is 0. The first-order chi connectivity index (χ1) is 11.7. The quantitative estimate of drug-likeness (QED) is 0.729. The fourth-order valence-corrected chi connectivity index (χ4v) is 3.48. The standard InChI is InChI=1S/C19H20N4O/c1-14-7-8-15(12-21-14)19(24)22-10-3-4-16(13-22)17-5-2-6-18-20-9-11-23(17)18/h2,5-9,11-12,16H,3-4,10,13H2,1H3/t16-/m0/s1. The van der Waals surface area contributed by atoms with Crippen LogP contribution in [0.4, 0.5) is 0 Å². The van der Waals surface area contributed by atoms with Gasteiger partial charge in [0.15, 0.2) is 0 Å². The maximum Gasteiger partial charge on any atom is 0.255 e. The minimum Gasteiger partial charge on any atom is -0.338 e. The average Bonchev–Trinajstić information content (AvgIpc) is 3.10. The van der Waals surface area contributed by atoms with Crippen molar-refractivity contribution in [2.45, 2.75) is 25.7 Å². The largest absolute Gasteiger partial charge is 0.338 e. The molecule has 1 aliphatic heterocycles. The van der Waals surface area contributed by atoms with Crippen LogP contribution in [-0.2, 0) is 0 Å². The van der Waals surface area contributed by atoms with Gasteiger partial charge in [-0.15, -0.1) is 0 Å². The molecule has 1 amide bonds. The van der Waals surface area contributed by atoms with E-state index >= 15 is 0 Å². The fourth-order valence-electron chi connectivity index (χ4n) is 3.48. The molecule has 3 aromatic rings. The highest BCUT2D eigenvalue weighted by Crippen LogP contribution is 2.28. The first-order valence-corrected chi connectivity index (χ1v) is 8.36. The number of hydrogen-bond acceptors (Lipinski definition) is 3. The van der Waals surface area contributed by atoms with Gasteiger partial charge in [-0.3, -0.25) is 9.78 Å². The van der Waals surface area contributed by atoms with Gasteiger partial charge in [0.1, 0.15) is 5.65 Å². The molecule has 0 radical (unpaired) electrons. The van der Waals surface area contributed by atoms with E-state index in [2.05, 4.69) is 20.4 Å². The smallest absolute Gasteiger partial charge is 0.255 e. The third-order valence-electron chi connectivity index (χ3n) is 4.75. The molecule has 0 bridgehead atoms. The second-order valence-electron chi connectivity index (χ2n) is 6.38. The first-order valence-electron chi connectivity index (χ1n) is 8.36. The van der Waals surface area contributed by atoms with Crippen LogP contribution in [0.25, 0.3) is 5.65 Å². The summed E-state index contributed by atoms with van der Waals surface area (Å²) in [5.74, 6) is 0.406. The Hall–Kier alpha value is -2.69. The predicted molar refractivity (Wildman–Crippen MR) is 92.0 cm³/mol. The van der Waals surface area contributed by atoms with Crippen LogP contribution in [-0.4, -0.2) is 38.3 Å². The number of amides is 1. The number of rotatable bonds is 2. The summed E-state index contributed by atoms with van der Waals surface area (Å²) in [7, 11) is 0. The SMILES string of the molecule is Cc1ccc(C(=O)N2CCC[C@H](c3cccc4nccn34)C2)cn1. The summed E-state index contributed by atoms with van der Waals surface area (Å²) in [6.45, 7) is 3.48. The number of fused-ring (bicyclic) bond motifs is 1. The monoisotopic (exact) mass is 320 g/mol. The Morgan fingerprint density at radius 3 is 2.96 bits per heavy atom. The number of carbonyl (C=O) groups excluding carboxylic acids is 1. The maximum absolute atomic E-state index is 12.8. The lowest BCUT2D eigenvalue weighted by molar-refractivity contribution is 0.0705. The van der Waals surface area contributed by atoms with E-state index in [9.17, 15) is 4.79 Å². The number of carbonyl (C=O) groups is 1. The predicted octanol–water partition coefficient (Wildman–Crippen LogP) is 3.06. The summed E-state index contributed by atoms with van der Waals surface area (Å²) in [5.41, 5.74) is 3.78. The van der Waals surface area contributed by atoms with E-state index in [0.29, 0.717) is 11.5 Å². The molecule has 0 aliphatic carbocycles. The van der Waals surface area contributed by atoms with E-state index < -0.39 is 0 Å². The topological polar surface area (TPSA) is 50.5 Å². The highest BCUT2D eigenvalue weighted by Gasteiger charge is 2.26. The van der Waals surface area contributed by atoms with E-state index in [1.807, 2.05) is 48.5 Å². The van der Waals surface area contributed by atoms with Gasteiger partial charge in [-0.05, 0) is 44.0 Å². The van der Waals surface area contributed by atoms with Crippen LogP contribution in [0, 0.1) is 6.92 Å². The fraction of sp³-hybridized carbons (Fsp3) is 0.316. The lowest BCUT2D eigenvalue weighted by Gasteiger charge is -2.33. The number of pyridine rings is 2. The minimum absolute atomic E-state index is 0.0741. The van der Waals surface area contributed by atoms with Gasteiger partial charge in [-0.2, -0.15) is 0 Å². The van der Waals surface area contributed by atoms with E-state index in [1.165, 1.54) is 5.69 Å². The van der Waals surface area contributed by atoms with Gasteiger partial charge in [-0.1, -0.05) is 6.07 Å². The van der Waals surface area contributed by atoms with Gasteiger partial charge < -0.3 is 9.30 Å². The summed E-state index contributed by atoms with van der Waals surface area (Å²) in [4.78, 5) is 23.3. The zero-order valence-corrected chi connectivity index (χ0v) is 13.7. The molecule has 1 atom stereocenters. The van der Waals surface area contributed by atoms with Crippen LogP contribution in [0.2, 0.25) is 0 Å². The summed E-state index contributed by atoms with van der Waals surface area (Å²) < 4.78 is 2.13. The number of aryl methyl sites for hydroxylation is 1. The molecule has 4 heterocycles. The van der Waals surface area contributed by atoms with Gasteiger partial charge in [0.25, 0.3) is 5.91 Å². The second kappa shape index (κ2) is 6.07. The van der Waals surface area contributed by atoms with Crippen molar-refractivity contribution in [1.82, 2.24) is 19.3 Å². The van der Waals surface area contributed by atoms with Crippen LogP contribution in [0.5, 0.6) is 0 Å².